The van der Waals surface area contributed by atoms with Crippen molar-refractivity contribution in [3.8, 4) is 0 Å². The molecule has 2 aromatic carbocycles. The van der Waals surface area contributed by atoms with E-state index < -0.39 is 0 Å². The minimum absolute atomic E-state index is 0.611. The summed E-state index contributed by atoms with van der Waals surface area (Å²) in [5.41, 5.74) is 9.32. The quantitative estimate of drug-likeness (QED) is 0.822. The number of para-hydroxylation sites is 1. The van der Waals surface area contributed by atoms with Crippen LogP contribution in [0, 0.1) is 0 Å². The van der Waals surface area contributed by atoms with E-state index in [0.29, 0.717) is 6.54 Å². The van der Waals surface area contributed by atoms with Gasteiger partial charge >= 0.3 is 0 Å². The van der Waals surface area contributed by atoms with Crippen LogP contribution in [0.2, 0.25) is 0 Å². The molecule has 0 saturated carbocycles. The van der Waals surface area contributed by atoms with Gasteiger partial charge in [0, 0.05) is 18.8 Å². The molecule has 0 aliphatic rings. The number of hydrogen-bond donors (Lipinski definition) is 2. The van der Waals surface area contributed by atoms with Crippen molar-refractivity contribution in [3.63, 3.8) is 0 Å². The van der Waals surface area contributed by atoms with E-state index in [0.717, 1.165) is 13.0 Å². The first kappa shape index (κ1) is 11.7. The lowest BCUT2D eigenvalue weighted by Crippen LogP contribution is -2.05. The highest BCUT2D eigenvalue weighted by atomic mass is 14.9. The third kappa shape index (κ3) is 3.61. The molecular formula is C15H18N2. The molecule has 0 bridgehead atoms. The first-order valence-electron chi connectivity index (χ1n) is 5.95. The molecular weight excluding hydrogens is 208 g/mol. The molecule has 0 atom stereocenters. The van der Waals surface area contributed by atoms with Crippen molar-refractivity contribution in [2.75, 3.05) is 11.9 Å². The van der Waals surface area contributed by atoms with Gasteiger partial charge in [-0.1, -0.05) is 42.5 Å². The molecule has 88 valence electrons. The summed E-state index contributed by atoms with van der Waals surface area (Å²) < 4.78 is 0. The van der Waals surface area contributed by atoms with Crippen molar-refractivity contribution < 1.29 is 0 Å². The van der Waals surface area contributed by atoms with Gasteiger partial charge in [-0.2, -0.15) is 0 Å². The molecule has 2 rings (SSSR count). The summed E-state index contributed by atoms with van der Waals surface area (Å²) in [6, 6.07) is 18.7. The zero-order valence-electron chi connectivity index (χ0n) is 9.89. The Morgan fingerprint density at radius 2 is 1.65 bits per heavy atom. The lowest BCUT2D eigenvalue weighted by molar-refractivity contribution is 0.999. The Labute approximate surface area is 102 Å². The fourth-order valence-corrected chi connectivity index (χ4v) is 1.82. The lowest BCUT2D eigenvalue weighted by Gasteiger charge is -2.07. The number of hydrogen-bond acceptors (Lipinski definition) is 2. The topological polar surface area (TPSA) is 38.0 Å². The fourth-order valence-electron chi connectivity index (χ4n) is 1.82. The Bertz CT molecular complexity index is 451. The number of rotatable bonds is 5. The molecule has 0 heterocycles. The molecule has 0 radical (unpaired) electrons. The predicted molar refractivity (Wildman–Crippen MR) is 73.0 cm³/mol. The average molecular weight is 226 g/mol. The molecule has 2 aromatic rings. The molecule has 0 saturated heterocycles. The van der Waals surface area contributed by atoms with E-state index in [4.69, 9.17) is 5.73 Å². The first-order chi connectivity index (χ1) is 8.38. The van der Waals surface area contributed by atoms with E-state index in [2.05, 4.69) is 41.7 Å². The summed E-state index contributed by atoms with van der Waals surface area (Å²) in [7, 11) is 0. The summed E-state index contributed by atoms with van der Waals surface area (Å²) in [4.78, 5) is 0. The van der Waals surface area contributed by atoms with Crippen LogP contribution >= 0.6 is 0 Å². The Morgan fingerprint density at radius 3 is 2.41 bits per heavy atom. The van der Waals surface area contributed by atoms with Gasteiger partial charge in [0.05, 0.1) is 0 Å². The summed E-state index contributed by atoms with van der Waals surface area (Å²) in [5.74, 6) is 0. The molecule has 0 amide bonds. The van der Waals surface area contributed by atoms with Gasteiger partial charge in [-0.3, -0.25) is 0 Å². The number of benzene rings is 2. The Balaban J connectivity index is 1.86. The predicted octanol–water partition coefficient (Wildman–Crippen LogP) is 2.80. The van der Waals surface area contributed by atoms with Gasteiger partial charge in [0.1, 0.15) is 0 Å². The van der Waals surface area contributed by atoms with Crippen molar-refractivity contribution in [1.82, 2.24) is 0 Å². The fraction of sp³-hybridized carbons (Fsp3) is 0.200. The molecule has 0 unspecified atom stereocenters. The monoisotopic (exact) mass is 226 g/mol. The number of anilines is 1. The van der Waals surface area contributed by atoms with Crippen LogP contribution in [-0.4, -0.2) is 6.54 Å². The molecule has 0 spiro atoms. The van der Waals surface area contributed by atoms with Crippen LogP contribution in [0.15, 0.2) is 54.6 Å². The van der Waals surface area contributed by atoms with E-state index in [1.54, 1.807) is 0 Å². The van der Waals surface area contributed by atoms with Crippen LogP contribution in [-0.2, 0) is 13.0 Å². The second kappa shape index (κ2) is 6.06. The van der Waals surface area contributed by atoms with Crippen LogP contribution in [0.25, 0.3) is 0 Å². The van der Waals surface area contributed by atoms with Crippen LogP contribution in [0.1, 0.15) is 11.1 Å². The van der Waals surface area contributed by atoms with Crippen molar-refractivity contribution in [2.24, 2.45) is 5.73 Å². The van der Waals surface area contributed by atoms with Gasteiger partial charge in [0.25, 0.3) is 0 Å². The Hall–Kier alpha value is -1.80. The summed E-state index contributed by atoms with van der Waals surface area (Å²) in [6.07, 6.45) is 1.02. The summed E-state index contributed by atoms with van der Waals surface area (Å²) in [5, 5.41) is 3.40. The Kier molecular flexibility index (Phi) is 4.17. The normalized spacial score (nSPS) is 10.2. The van der Waals surface area contributed by atoms with Gasteiger partial charge in [0.15, 0.2) is 0 Å². The van der Waals surface area contributed by atoms with Gasteiger partial charge in [-0.15, -0.1) is 0 Å². The molecule has 2 nitrogen and oxygen atoms in total. The number of nitrogens with two attached hydrogens (primary N) is 1. The molecule has 17 heavy (non-hydrogen) atoms. The van der Waals surface area contributed by atoms with Gasteiger partial charge in [0.2, 0.25) is 0 Å². The average Bonchev–Trinajstić information content (AvgIpc) is 2.40. The van der Waals surface area contributed by atoms with Crippen LogP contribution in [0.5, 0.6) is 0 Å². The van der Waals surface area contributed by atoms with Crippen molar-refractivity contribution >= 4 is 5.69 Å². The minimum atomic E-state index is 0.611. The highest BCUT2D eigenvalue weighted by Crippen LogP contribution is 2.08. The standard InChI is InChI=1S/C15H18N2/c16-12-14-6-4-5-13(11-14)9-10-17-15-7-2-1-3-8-15/h1-8,11,17H,9-10,12,16H2. The van der Waals surface area contributed by atoms with E-state index in [-0.39, 0.29) is 0 Å². The third-order valence-electron chi connectivity index (χ3n) is 2.74. The first-order valence-corrected chi connectivity index (χ1v) is 5.95. The smallest absolute Gasteiger partial charge is 0.0340 e. The molecule has 0 aliphatic heterocycles. The lowest BCUT2D eigenvalue weighted by atomic mass is 10.1. The highest BCUT2D eigenvalue weighted by Gasteiger charge is 1.95. The second-order valence-corrected chi connectivity index (χ2v) is 4.07. The van der Waals surface area contributed by atoms with Gasteiger partial charge in [-0.25, -0.2) is 0 Å². The minimum Gasteiger partial charge on any atom is -0.385 e. The van der Waals surface area contributed by atoms with Crippen molar-refractivity contribution in [2.45, 2.75) is 13.0 Å². The van der Waals surface area contributed by atoms with Crippen LogP contribution in [0.3, 0.4) is 0 Å². The van der Waals surface area contributed by atoms with Gasteiger partial charge in [-0.05, 0) is 29.7 Å². The third-order valence-corrected chi connectivity index (χ3v) is 2.74. The maximum atomic E-state index is 5.62. The highest BCUT2D eigenvalue weighted by molar-refractivity contribution is 5.42. The summed E-state index contributed by atoms with van der Waals surface area (Å²) in [6.45, 7) is 1.55. The molecule has 0 fully saturated rings. The maximum absolute atomic E-state index is 5.62. The summed E-state index contributed by atoms with van der Waals surface area (Å²) >= 11 is 0. The maximum Gasteiger partial charge on any atom is 0.0340 e. The van der Waals surface area contributed by atoms with Crippen LogP contribution < -0.4 is 11.1 Å². The zero-order chi connectivity index (χ0) is 11.9. The van der Waals surface area contributed by atoms with E-state index in [1.165, 1.54) is 16.8 Å². The van der Waals surface area contributed by atoms with Crippen LogP contribution in [0.4, 0.5) is 5.69 Å². The van der Waals surface area contributed by atoms with Gasteiger partial charge < -0.3 is 11.1 Å². The molecule has 2 heteroatoms. The largest absolute Gasteiger partial charge is 0.385 e. The SMILES string of the molecule is NCc1cccc(CCNc2ccccc2)c1. The molecule has 0 aromatic heterocycles. The van der Waals surface area contributed by atoms with E-state index >= 15 is 0 Å². The second-order valence-electron chi connectivity index (χ2n) is 4.07. The van der Waals surface area contributed by atoms with Crippen molar-refractivity contribution in [3.05, 3.63) is 65.7 Å². The number of nitrogens with one attached hydrogen (secondary N) is 1. The molecule has 3 N–H and O–H groups in total. The zero-order valence-corrected chi connectivity index (χ0v) is 9.89. The van der Waals surface area contributed by atoms with Crippen molar-refractivity contribution in [1.29, 1.82) is 0 Å². The Morgan fingerprint density at radius 1 is 0.882 bits per heavy atom. The van der Waals surface area contributed by atoms with E-state index in [1.807, 2.05) is 18.2 Å². The van der Waals surface area contributed by atoms with E-state index in [9.17, 15) is 0 Å². The molecule has 0 aliphatic carbocycles.